The highest BCUT2D eigenvalue weighted by atomic mass is 35.5. The minimum Gasteiger partial charge on any atom is -0.493 e. The van der Waals surface area contributed by atoms with Crippen molar-refractivity contribution in [3.05, 3.63) is 57.6 Å². The Morgan fingerprint density at radius 3 is 2.45 bits per heavy atom. The van der Waals surface area contributed by atoms with E-state index in [-0.39, 0.29) is 16.7 Å². The van der Waals surface area contributed by atoms with E-state index in [1.807, 2.05) is 32.9 Å². The summed E-state index contributed by atoms with van der Waals surface area (Å²) >= 11 is 6.35. The Bertz CT molecular complexity index is 1110. The molecule has 162 valence electrons. The van der Waals surface area contributed by atoms with Crippen LogP contribution in [0, 0.1) is 13.8 Å². The van der Waals surface area contributed by atoms with E-state index in [0.29, 0.717) is 22.7 Å². The van der Waals surface area contributed by atoms with Crippen LogP contribution in [0.2, 0.25) is 5.02 Å². The monoisotopic (exact) mass is 442 g/mol. The number of hydrogen-bond acceptors (Lipinski definition) is 5. The first-order chi connectivity index (χ1) is 14.6. The fraction of sp³-hybridized carbons (Fsp3) is 0.261. The summed E-state index contributed by atoms with van der Waals surface area (Å²) in [7, 11) is 1.47. The number of carbonyl (C=O) groups excluding carboxylic acids is 3. The Kier molecular flexibility index (Phi) is 6.36. The summed E-state index contributed by atoms with van der Waals surface area (Å²) in [6.45, 7) is 7.35. The number of barbiturate groups is 1. The number of benzene rings is 2. The number of ether oxygens (including phenoxy) is 2. The van der Waals surface area contributed by atoms with Crippen molar-refractivity contribution in [3.8, 4) is 11.5 Å². The van der Waals surface area contributed by atoms with Crippen LogP contribution < -0.4 is 19.7 Å². The topological polar surface area (TPSA) is 84.9 Å². The molecule has 0 unspecified atom stereocenters. The van der Waals surface area contributed by atoms with Gasteiger partial charge in [0.1, 0.15) is 5.57 Å². The van der Waals surface area contributed by atoms with Gasteiger partial charge >= 0.3 is 6.03 Å². The van der Waals surface area contributed by atoms with E-state index < -0.39 is 17.8 Å². The Labute approximate surface area is 185 Å². The molecule has 2 aromatic rings. The molecule has 4 amide bonds. The van der Waals surface area contributed by atoms with E-state index in [1.54, 1.807) is 25.1 Å². The van der Waals surface area contributed by atoms with Crippen LogP contribution >= 0.6 is 11.6 Å². The Balaban J connectivity index is 2.06. The predicted molar refractivity (Wildman–Crippen MR) is 119 cm³/mol. The molecule has 1 aliphatic rings. The largest absolute Gasteiger partial charge is 0.493 e. The normalized spacial score (nSPS) is 15.5. The van der Waals surface area contributed by atoms with Gasteiger partial charge < -0.3 is 9.47 Å². The van der Waals surface area contributed by atoms with E-state index >= 15 is 0 Å². The highest BCUT2D eigenvalue weighted by Gasteiger charge is 2.37. The van der Waals surface area contributed by atoms with Crippen LogP contribution in [0.5, 0.6) is 11.5 Å². The fourth-order valence-electron chi connectivity index (χ4n) is 3.18. The van der Waals surface area contributed by atoms with Gasteiger partial charge in [0.15, 0.2) is 11.5 Å². The molecule has 0 atom stereocenters. The number of halogens is 1. The zero-order chi connectivity index (χ0) is 22.9. The molecule has 1 heterocycles. The summed E-state index contributed by atoms with van der Waals surface area (Å²) < 4.78 is 11.0. The van der Waals surface area contributed by atoms with Gasteiger partial charge in [-0.2, -0.15) is 0 Å². The summed E-state index contributed by atoms with van der Waals surface area (Å²) in [6, 6.07) is 7.78. The molecule has 3 rings (SSSR count). The van der Waals surface area contributed by atoms with Crippen LogP contribution in [0.3, 0.4) is 0 Å². The van der Waals surface area contributed by atoms with Gasteiger partial charge in [0.2, 0.25) is 0 Å². The molecule has 7 nitrogen and oxygen atoms in total. The molecule has 0 aliphatic carbocycles. The molecule has 0 aromatic heterocycles. The maximum absolute atomic E-state index is 13.2. The molecule has 8 heteroatoms. The fourth-order valence-corrected chi connectivity index (χ4v) is 3.44. The quantitative estimate of drug-likeness (QED) is 0.547. The van der Waals surface area contributed by atoms with Gasteiger partial charge in [0.25, 0.3) is 11.8 Å². The lowest BCUT2D eigenvalue weighted by Gasteiger charge is -2.28. The molecule has 0 radical (unpaired) electrons. The standard InChI is InChI=1S/C23H23ClN2O5/c1-12(2)31-20-17(24)10-15(11-19(20)30-5)9-16-21(27)25-23(29)26(22(16)28)18-8-13(3)6-7-14(18)4/h6-12H,1-5H3,(H,25,27,29)/b16-9+. The molecule has 0 spiro atoms. The molecular weight excluding hydrogens is 420 g/mol. The van der Waals surface area contributed by atoms with Gasteiger partial charge in [-0.3, -0.25) is 14.9 Å². The lowest BCUT2D eigenvalue weighted by molar-refractivity contribution is -0.122. The van der Waals surface area contributed by atoms with E-state index in [1.165, 1.54) is 13.2 Å². The van der Waals surface area contributed by atoms with Gasteiger partial charge in [-0.05, 0) is 68.7 Å². The lowest BCUT2D eigenvalue weighted by atomic mass is 10.0. The number of urea groups is 1. The smallest absolute Gasteiger partial charge is 0.335 e. The summed E-state index contributed by atoms with van der Waals surface area (Å²) in [5.41, 5.74) is 2.27. The molecular formula is C23H23ClN2O5. The van der Waals surface area contributed by atoms with Crippen molar-refractivity contribution < 1.29 is 23.9 Å². The van der Waals surface area contributed by atoms with Gasteiger partial charge in [-0.1, -0.05) is 23.7 Å². The third-order valence-electron chi connectivity index (χ3n) is 4.62. The van der Waals surface area contributed by atoms with Crippen molar-refractivity contribution in [2.45, 2.75) is 33.8 Å². The van der Waals surface area contributed by atoms with Crippen molar-refractivity contribution >= 4 is 41.2 Å². The van der Waals surface area contributed by atoms with Gasteiger partial charge in [-0.15, -0.1) is 0 Å². The maximum atomic E-state index is 13.2. The predicted octanol–water partition coefficient (Wildman–Crippen LogP) is 4.42. The van der Waals surface area contributed by atoms with E-state index in [2.05, 4.69) is 5.32 Å². The summed E-state index contributed by atoms with van der Waals surface area (Å²) in [6.07, 6.45) is 1.24. The third kappa shape index (κ3) is 4.56. The number of carbonyl (C=O) groups is 3. The number of rotatable bonds is 5. The van der Waals surface area contributed by atoms with E-state index in [0.717, 1.165) is 16.0 Å². The summed E-state index contributed by atoms with van der Waals surface area (Å²) in [5.74, 6) is -0.777. The zero-order valence-corrected chi connectivity index (χ0v) is 18.7. The Hall–Kier alpha value is -3.32. The van der Waals surface area contributed by atoms with E-state index in [4.69, 9.17) is 21.1 Å². The lowest BCUT2D eigenvalue weighted by Crippen LogP contribution is -2.54. The molecule has 1 aliphatic heterocycles. The van der Waals surface area contributed by atoms with Gasteiger partial charge in [0.05, 0.1) is 23.9 Å². The number of aryl methyl sites for hydroxylation is 2. The second-order valence-electron chi connectivity index (χ2n) is 7.45. The number of imide groups is 2. The van der Waals surface area contributed by atoms with Crippen molar-refractivity contribution in [1.29, 1.82) is 0 Å². The molecule has 31 heavy (non-hydrogen) atoms. The van der Waals surface area contributed by atoms with Crippen LogP contribution in [0.4, 0.5) is 10.5 Å². The Morgan fingerprint density at radius 2 is 1.81 bits per heavy atom. The van der Waals surface area contributed by atoms with Crippen molar-refractivity contribution in [2.24, 2.45) is 0 Å². The first-order valence-electron chi connectivity index (χ1n) is 9.65. The average Bonchev–Trinajstić information content (AvgIpc) is 2.69. The third-order valence-corrected chi connectivity index (χ3v) is 4.90. The second-order valence-corrected chi connectivity index (χ2v) is 7.86. The minimum atomic E-state index is -0.794. The first kappa shape index (κ1) is 22.4. The molecule has 2 aromatic carbocycles. The molecule has 1 N–H and O–H groups in total. The Morgan fingerprint density at radius 1 is 1.10 bits per heavy atom. The molecule has 0 saturated carbocycles. The van der Waals surface area contributed by atoms with Crippen molar-refractivity contribution in [2.75, 3.05) is 12.0 Å². The summed E-state index contributed by atoms with van der Waals surface area (Å²) in [4.78, 5) is 39.0. The van der Waals surface area contributed by atoms with Crippen LogP contribution in [-0.2, 0) is 9.59 Å². The minimum absolute atomic E-state index is 0.126. The van der Waals surface area contributed by atoms with Crippen LogP contribution in [0.25, 0.3) is 6.08 Å². The molecule has 1 saturated heterocycles. The van der Waals surface area contributed by atoms with E-state index in [9.17, 15) is 14.4 Å². The highest BCUT2D eigenvalue weighted by Crippen LogP contribution is 2.38. The second kappa shape index (κ2) is 8.81. The van der Waals surface area contributed by atoms with Gasteiger partial charge in [0, 0.05) is 0 Å². The van der Waals surface area contributed by atoms with Crippen LogP contribution in [-0.4, -0.2) is 31.1 Å². The number of nitrogens with one attached hydrogen (secondary N) is 1. The van der Waals surface area contributed by atoms with Crippen molar-refractivity contribution in [3.63, 3.8) is 0 Å². The van der Waals surface area contributed by atoms with Gasteiger partial charge in [-0.25, -0.2) is 9.69 Å². The number of hydrogen-bond donors (Lipinski definition) is 1. The molecule has 1 fully saturated rings. The number of nitrogens with zero attached hydrogens (tertiary/aromatic N) is 1. The summed E-state index contributed by atoms with van der Waals surface area (Å²) in [5, 5.41) is 2.50. The first-order valence-corrected chi connectivity index (χ1v) is 10.0. The number of anilines is 1. The SMILES string of the molecule is COc1cc(/C=C2\C(=O)NC(=O)N(c3cc(C)ccc3C)C2=O)cc(Cl)c1OC(C)C. The molecule has 0 bridgehead atoms. The number of methoxy groups -OCH3 is 1. The van der Waals surface area contributed by atoms with Crippen LogP contribution in [0.1, 0.15) is 30.5 Å². The maximum Gasteiger partial charge on any atom is 0.335 e. The average molecular weight is 443 g/mol. The van der Waals surface area contributed by atoms with Crippen molar-refractivity contribution in [1.82, 2.24) is 5.32 Å². The number of amides is 4. The van der Waals surface area contributed by atoms with Crippen LogP contribution in [0.15, 0.2) is 35.9 Å². The zero-order valence-electron chi connectivity index (χ0n) is 17.9. The highest BCUT2D eigenvalue weighted by molar-refractivity contribution is 6.39.